The molecule has 0 bridgehead atoms. The fourth-order valence-corrected chi connectivity index (χ4v) is 2.38. The molecule has 0 radical (unpaired) electrons. The van der Waals surface area contributed by atoms with E-state index in [2.05, 4.69) is 32.7 Å². The molecule has 0 saturated carbocycles. The first-order valence-electron chi connectivity index (χ1n) is 12.2. The summed E-state index contributed by atoms with van der Waals surface area (Å²) in [5.41, 5.74) is -1.08. The highest BCUT2D eigenvalue weighted by atomic mass is 16.6. The third-order valence-corrected chi connectivity index (χ3v) is 5.94. The number of hydrogen-bond donors (Lipinski definition) is 2. The van der Waals surface area contributed by atoms with Crippen molar-refractivity contribution in [3.63, 3.8) is 0 Å². The number of carbonyl (C=O) groups excluding carboxylic acids is 1. The van der Waals surface area contributed by atoms with Crippen LogP contribution in [-0.4, -0.2) is 74.2 Å². The van der Waals surface area contributed by atoms with E-state index in [0.717, 1.165) is 6.42 Å². The van der Waals surface area contributed by atoms with Gasteiger partial charge in [-0.25, -0.2) is 4.79 Å². The molecule has 0 aromatic heterocycles. The lowest BCUT2D eigenvalue weighted by Gasteiger charge is -2.31. The summed E-state index contributed by atoms with van der Waals surface area (Å²) < 4.78 is 28.3. The number of alkyl carbamates (subject to hydrolysis) is 1. The monoisotopic (exact) mass is 489 g/mol. The molecule has 34 heavy (non-hydrogen) atoms. The summed E-state index contributed by atoms with van der Waals surface area (Å²) in [6.45, 7) is 23.6. The van der Waals surface area contributed by atoms with E-state index in [9.17, 15) is 9.90 Å². The number of carbonyl (C=O) groups is 1. The van der Waals surface area contributed by atoms with Gasteiger partial charge in [0, 0.05) is 20.1 Å². The molecule has 0 aromatic carbocycles. The van der Waals surface area contributed by atoms with Crippen LogP contribution in [0.4, 0.5) is 4.79 Å². The zero-order valence-electron chi connectivity index (χ0n) is 23.3. The Hall–Kier alpha value is -1.35. The molecular weight excluding hydrogens is 438 g/mol. The quantitative estimate of drug-likeness (QED) is 0.196. The smallest absolute Gasteiger partial charge is 0.407 e. The van der Waals surface area contributed by atoms with Gasteiger partial charge in [-0.05, 0) is 59.8 Å². The zero-order chi connectivity index (χ0) is 26.6. The molecule has 0 aliphatic rings. The van der Waals surface area contributed by atoms with Crippen LogP contribution in [0.1, 0.15) is 81.6 Å². The third kappa shape index (κ3) is 15.5. The lowest BCUT2D eigenvalue weighted by Crippen LogP contribution is -2.41. The van der Waals surface area contributed by atoms with Gasteiger partial charge in [0.05, 0.1) is 43.2 Å². The Morgan fingerprint density at radius 1 is 0.912 bits per heavy atom. The van der Waals surface area contributed by atoms with Gasteiger partial charge in [-0.15, -0.1) is 0 Å². The molecule has 0 rings (SSSR count). The van der Waals surface area contributed by atoms with Crippen molar-refractivity contribution in [1.82, 2.24) is 5.32 Å². The van der Waals surface area contributed by atoms with Crippen molar-refractivity contribution in [2.45, 2.75) is 104 Å². The summed E-state index contributed by atoms with van der Waals surface area (Å²) in [6.07, 6.45) is 1.57. The topological polar surface area (TPSA) is 95.5 Å². The standard InChI is InChI=1S/C26H51NO7/c1-12-23(3,4)18-33-24(5,6)13-15-31-17-21(20(2)28)27-22(29)32-16-14-25(7,8)34-19-26(9,10)30-11/h21,28H,2,12-19H2,1,3-11H3,(H,27,29). The largest absolute Gasteiger partial charge is 0.511 e. The highest BCUT2D eigenvalue weighted by molar-refractivity contribution is 5.68. The van der Waals surface area contributed by atoms with E-state index in [-0.39, 0.29) is 30.0 Å². The van der Waals surface area contributed by atoms with Crippen molar-refractivity contribution in [2.24, 2.45) is 5.41 Å². The van der Waals surface area contributed by atoms with E-state index in [1.807, 2.05) is 41.5 Å². The van der Waals surface area contributed by atoms with Crippen LogP contribution in [-0.2, 0) is 23.7 Å². The van der Waals surface area contributed by atoms with E-state index in [4.69, 9.17) is 23.7 Å². The van der Waals surface area contributed by atoms with Gasteiger partial charge in [-0.3, -0.25) is 0 Å². The molecule has 0 fully saturated rings. The molecular formula is C26H51NO7. The van der Waals surface area contributed by atoms with E-state index in [1.165, 1.54) is 0 Å². The Kier molecular flexibility index (Phi) is 13.7. The van der Waals surface area contributed by atoms with Gasteiger partial charge in [0.15, 0.2) is 0 Å². The van der Waals surface area contributed by atoms with Crippen molar-refractivity contribution in [1.29, 1.82) is 0 Å². The molecule has 1 amide bonds. The van der Waals surface area contributed by atoms with Crippen LogP contribution in [0.15, 0.2) is 12.3 Å². The van der Waals surface area contributed by atoms with Gasteiger partial charge in [0.2, 0.25) is 0 Å². The number of aliphatic hydroxyl groups is 1. The predicted octanol–water partition coefficient (Wildman–Crippen LogP) is 5.40. The average Bonchev–Trinajstić information content (AvgIpc) is 2.73. The number of nitrogens with one attached hydrogen (secondary N) is 1. The maximum atomic E-state index is 12.2. The highest BCUT2D eigenvalue weighted by Crippen LogP contribution is 2.24. The summed E-state index contributed by atoms with van der Waals surface area (Å²) in [5, 5.41) is 12.4. The van der Waals surface area contributed by atoms with Crippen LogP contribution in [0.25, 0.3) is 0 Å². The first-order chi connectivity index (χ1) is 15.4. The normalized spacial score (nSPS) is 14.1. The minimum absolute atomic E-state index is 0.0850. The summed E-state index contributed by atoms with van der Waals surface area (Å²) in [7, 11) is 1.64. The minimum Gasteiger partial charge on any atom is -0.511 e. The Morgan fingerprint density at radius 2 is 1.44 bits per heavy atom. The molecule has 1 unspecified atom stereocenters. The van der Waals surface area contributed by atoms with Gasteiger partial charge in [0.25, 0.3) is 0 Å². The summed E-state index contributed by atoms with van der Waals surface area (Å²) in [4.78, 5) is 12.2. The molecule has 0 aliphatic heterocycles. The summed E-state index contributed by atoms with van der Waals surface area (Å²) >= 11 is 0. The third-order valence-electron chi connectivity index (χ3n) is 5.94. The van der Waals surface area contributed by atoms with Gasteiger partial charge < -0.3 is 34.1 Å². The predicted molar refractivity (Wildman–Crippen MR) is 135 cm³/mol. The fraction of sp³-hybridized carbons (Fsp3) is 0.885. The second-order valence-corrected chi connectivity index (χ2v) is 11.5. The first-order valence-corrected chi connectivity index (χ1v) is 12.2. The number of amides is 1. The van der Waals surface area contributed by atoms with Crippen molar-refractivity contribution in [2.75, 3.05) is 40.1 Å². The summed E-state index contributed by atoms with van der Waals surface area (Å²) in [5.74, 6) is -0.192. The maximum Gasteiger partial charge on any atom is 0.407 e. The molecule has 0 aliphatic carbocycles. The fourth-order valence-electron chi connectivity index (χ4n) is 2.38. The number of hydrogen-bond acceptors (Lipinski definition) is 7. The van der Waals surface area contributed by atoms with Gasteiger partial charge in [-0.2, -0.15) is 0 Å². The molecule has 0 heterocycles. The van der Waals surface area contributed by atoms with Crippen molar-refractivity contribution < 1.29 is 33.6 Å². The number of rotatable bonds is 18. The Bertz CT molecular complexity index is 614. The lowest BCUT2D eigenvalue weighted by atomic mass is 9.91. The van der Waals surface area contributed by atoms with Crippen LogP contribution < -0.4 is 5.32 Å². The van der Waals surface area contributed by atoms with Gasteiger partial charge in [0.1, 0.15) is 11.8 Å². The van der Waals surface area contributed by atoms with E-state index in [0.29, 0.717) is 32.7 Å². The van der Waals surface area contributed by atoms with Crippen molar-refractivity contribution in [3.8, 4) is 0 Å². The van der Waals surface area contributed by atoms with Crippen LogP contribution >= 0.6 is 0 Å². The van der Waals surface area contributed by atoms with Crippen molar-refractivity contribution >= 4 is 6.09 Å². The van der Waals surface area contributed by atoms with E-state index < -0.39 is 23.3 Å². The molecule has 0 saturated heterocycles. The van der Waals surface area contributed by atoms with Crippen LogP contribution in [0.2, 0.25) is 0 Å². The summed E-state index contributed by atoms with van der Waals surface area (Å²) in [6, 6.07) is -0.762. The van der Waals surface area contributed by atoms with Gasteiger partial charge >= 0.3 is 6.09 Å². The van der Waals surface area contributed by atoms with E-state index in [1.54, 1.807) is 7.11 Å². The highest BCUT2D eigenvalue weighted by Gasteiger charge is 2.26. The molecule has 8 heteroatoms. The number of ether oxygens (including phenoxy) is 5. The average molecular weight is 490 g/mol. The number of methoxy groups -OCH3 is 1. The van der Waals surface area contributed by atoms with Crippen LogP contribution in [0.3, 0.4) is 0 Å². The molecule has 1 atom stereocenters. The zero-order valence-corrected chi connectivity index (χ0v) is 23.3. The van der Waals surface area contributed by atoms with Crippen molar-refractivity contribution in [3.05, 3.63) is 12.3 Å². The number of aliphatic hydroxyl groups excluding tert-OH is 1. The Morgan fingerprint density at radius 3 is 1.94 bits per heavy atom. The Labute approximate surface area is 207 Å². The minimum atomic E-state index is -0.762. The maximum absolute atomic E-state index is 12.2. The Balaban J connectivity index is 4.37. The SMILES string of the molecule is C=C(O)C(COCCC(C)(C)OCC(C)(C)CC)NC(=O)OCCC(C)(C)OCC(C)(C)OC. The lowest BCUT2D eigenvalue weighted by molar-refractivity contribution is -0.112. The van der Waals surface area contributed by atoms with Crippen LogP contribution in [0.5, 0.6) is 0 Å². The molecule has 0 spiro atoms. The first kappa shape index (κ1) is 32.7. The molecule has 2 N–H and O–H groups in total. The molecule has 8 nitrogen and oxygen atoms in total. The molecule has 202 valence electrons. The van der Waals surface area contributed by atoms with Crippen LogP contribution in [0, 0.1) is 5.41 Å². The van der Waals surface area contributed by atoms with Gasteiger partial charge in [-0.1, -0.05) is 27.4 Å². The van der Waals surface area contributed by atoms with E-state index >= 15 is 0 Å². The second kappa shape index (κ2) is 14.3. The molecule has 0 aromatic rings. The second-order valence-electron chi connectivity index (χ2n) is 11.5.